The topological polar surface area (TPSA) is 122 Å². The predicted molar refractivity (Wildman–Crippen MR) is 138 cm³/mol. The molecule has 1 N–H and O–H groups in total. The van der Waals surface area contributed by atoms with Gasteiger partial charge in [0.05, 0.1) is 42.0 Å². The summed E-state index contributed by atoms with van der Waals surface area (Å²) < 4.78 is 60.8. The van der Waals surface area contributed by atoms with Crippen LogP contribution >= 0.6 is 15.9 Å². The second-order valence-corrected chi connectivity index (χ2v) is 8.43. The van der Waals surface area contributed by atoms with E-state index in [-0.39, 0.29) is 21.5 Å². The van der Waals surface area contributed by atoms with Crippen LogP contribution in [0.15, 0.2) is 58.1 Å². The van der Waals surface area contributed by atoms with Gasteiger partial charge in [-0.3, -0.25) is 14.9 Å². The minimum Gasteiger partial charge on any atom is -0.493 e. The SMILES string of the molecule is CCOc1cc(C(=O)N/N=C/c2cc(Br)c(Oc3ccc(C(F)(F)F)cc3[N+](=O)[O-])c(OC)c2)ccc1OC. The van der Waals surface area contributed by atoms with Crippen molar-refractivity contribution >= 4 is 33.7 Å². The van der Waals surface area contributed by atoms with E-state index < -0.39 is 34.0 Å². The number of nitrogens with one attached hydrogen (secondary N) is 1. The lowest BCUT2D eigenvalue weighted by Crippen LogP contribution is -2.17. The third kappa shape index (κ3) is 7.16. The molecule has 3 aromatic carbocycles. The summed E-state index contributed by atoms with van der Waals surface area (Å²) >= 11 is 3.27. The first kappa shape index (κ1) is 29.2. The van der Waals surface area contributed by atoms with Crippen LogP contribution in [0.1, 0.15) is 28.4 Å². The molecule has 0 spiro atoms. The number of carbonyl (C=O) groups excluding carboxylic acids is 1. The first-order valence-electron chi connectivity index (χ1n) is 11.0. The highest BCUT2D eigenvalue weighted by Crippen LogP contribution is 2.43. The molecule has 206 valence electrons. The van der Waals surface area contributed by atoms with Crippen LogP contribution in [0.25, 0.3) is 0 Å². The van der Waals surface area contributed by atoms with Crippen LogP contribution in [0, 0.1) is 10.1 Å². The smallest absolute Gasteiger partial charge is 0.416 e. The molecular weight excluding hydrogens is 591 g/mol. The zero-order valence-corrected chi connectivity index (χ0v) is 22.3. The summed E-state index contributed by atoms with van der Waals surface area (Å²) in [6.07, 6.45) is -3.46. The van der Waals surface area contributed by atoms with Crippen LogP contribution in [0.4, 0.5) is 18.9 Å². The molecule has 39 heavy (non-hydrogen) atoms. The van der Waals surface area contributed by atoms with Crippen LogP contribution in [-0.4, -0.2) is 37.9 Å². The Morgan fingerprint density at radius 1 is 1.05 bits per heavy atom. The third-order valence-electron chi connectivity index (χ3n) is 5.05. The second kappa shape index (κ2) is 12.5. The highest BCUT2D eigenvalue weighted by Gasteiger charge is 2.33. The van der Waals surface area contributed by atoms with Gasteiger partial charge in [0.2, 0.25) is 5.75 Å². The normalized spacial score (nSPS) is 11.3. The van der Waals surface area contributed by atoms with E-state index in [0.717, 1.165) is 6.07 Å². The molecule has 0 bridgehead atoms. The second-order valence-electron chi connectivity index (χ2n) is 7.57. The van der Waals surface area contributed by atoms with Gasteiger partial charge < -0.3 is 18.9 Å². The fourth-order valence-electron chi connectivity index (χ4n) is 3.26. The van der Waals surface area contributed by atoms with E-state index in [2.05, 4.69) is 26.5 Å². The minimum atomic E-state index is -4.77. The monoisotopic (exact) mass is 611 g/mol. The largest absolute Gasteiger partial charge is 0.493 e. The first-order valence-corrected chi connectivity index (χ1v) is 11.8. The van der Waals surface area contributed by atoms with Crippen molar-refractivity contribution in [2.24, 2.45) is 5.10 Å². The van der Waals surface area contributed by atoms with E-state index in [1.54, 1.807) is 19.1 Å². The van der Waals surface area contributed by atoms with Crippen molar-refractivity contribution in [1.82, 2.24) is 5.43 Å². The van der Waals surface area contributed by atoms with E-state index in [1.807, 2.05) is 0 Å². The molecular formula is C25H21BrF3N3O7. The van der Waals surface area contributed by atoms with E-state index in [4.69, 9.17) is 18.9 Å². The number of nitro benzene ring substituents is 1. The number of nitro groups is 1. The molecule has 3 aromatic rings. The maximum absolute atomic E-state index is 13.0. The standard InChI is InChI=1S/C25H21BrF3N3O7/c1-4-38-21-11-15(5-7-20(21)36-2)24(33)31-30-13-14-9-17(26)23(22(10-14)37-3)39-19-8-6-16(25(27,28)29)12-18(19)32(34)35/h5-13H,4H2,1-3H3,(H,31,33)/b30-13+. The Morgan fingerprint density at radius 2 is 1.74 bits per heavy atom. The van der Waals surface area contributed by atoms with Gasteiger partial charge in [0.1, 0.15) is 0 Å². The molecule has 0 atom stereocenters. The Kier molecular flexibility index (Phi) is 9.35. The maximum Gasteiger partial charge on any atom is 0.416 e. The van der Waals surface area contributed by atoms with E-state index in [9.17, 15) is 28.1 Å². The molecule has 1 amide bonds. The number of rotatable bonds is 10. The van der Waals surface area contributed by atoms with Crippen LogP contribution in [0.2, 0.25) is 0 Å². The minimum absolute atomic E-state index is 0.0248. The number of nitrogens with zero attached hydrogens (tertiary/aromatic N) is 2. The first-order chi connectivity index (χ1) is 18.5. The Balaban J connectivity index is 1.82. The molecule has 0 saturated heterocycles. The van der Waals surface area contributed by atoms with E-state index in [0.29, 0.717) is 35.8 Å². The van der Waals surface area contributed by atoms with Crippen molar-refractivity contribution in [3.8, 4) is 28.7 Å². The molecule has 0 aliphatic carbocycles. The summed E-state index contributed by atoms with van der Waals surface area (Å²) in [7, 11) is 2.79. The van der Waals surface area contributed by atoms with Gasteiger partial charge in [-0.15, -0.1) is 0 Å². The number of carbonyl (C=O) groups is 1. The van der Waals surface area contributed by atoms with E-state index >= 15 is 0 Å². The van der Waals surface area contributed by atoms with E-state index in [1.165, 1.54) is 38.6 Å². The molecule has 0 fully saturated rings. The van der Waals surface area contributed by atoms with Crippen LogP contribution in [0.3, 0.4) is 0 Å². The van der Waals surface area contributed by atoms with Gasteiger partial charge in [0.25, 0.3) is 5.91 Å². The number of benzene rings is 3. The lowest BCUT2D eigenvalue weighted by molar-refractivity contribution is -0.385. The van der Waals surface area contributed by atoms with Crippen molar-refractivity contribution in [2.45, 2.75) is 13.1 Å². The third-order valence-corrected chi connectivity index (χ3v) is 5.64. The lowest BCUT2D eigenvalue weighted by atomic mass is 10.1. The fourth-order valence-corrected chi connectivity index (χ4v) is 3.80. The van der Waals surface area contributed by atoms with Crippen molar-refractivity contribution in [3.05, 3.63) is 79.8 Å². The number of alkyl halides is 3. The van der Waals surface area contributed by atoms with Gasteiger partial charge >= 0.3 is 11.9 Å². The number of ether oxygens (including phenoxy) is 4. The molecule has 0 aliphatic heterocycles. The Morgan fingerprint density at radius 3 is 2.36 bits per heavy atom. The quantitative estimate of drug-likeness (QED) is 0.161. The molecule has 0 heterocycles. The highest BCUT2D eigenvalue weighted by molar-refractivity contribution is 9.10. The average Bonchev–Trinajstić information content (AvgIpc) is 2.89. The van der Waals surface area contributed by atoms with Crippen molar-refractivity contribution < 1.29 is 41.8 Å². The zero-order valence-electron chi connectivity index (χ0n) is 20.7. The van der Waals surface area contributed by atoms with Crippen LogP contribution in [-0.2, 0) is 6.18 Å². The van der Waals surface area contributed by atoms with Crippen molar-refractivity contribution in [3.63, 3.8) is 0 Å². The predicted octanol–water partition coefficient (Wildman–Crippen LogP) is 6.35. The van der Waals surface area contributed by atoms with Crippen molar-refractivity contribution in [2.75, 3.05) is 20.8 Å². The molecule has 0 saturated carbocycles. The number of halogens is 4. The lowest BCUT2D eigenvalue weighted by Gasteiger charge is -2.14. The molecule has 10 nitrogen and oxygen atoms in total. The summed E-state index contributed by atoms with van der Waals surface area (Å²) in [5.74, 6) is -0.0138. The average molecular weight is 612 g/mol. The number of methoxy groups -OCH3 is 2. The summed E-state index contributed by atoms with van der Waals surface area (Å²) in [6, 6.07) is 9.51. The summed E-state index contributed by atoms with van der Waals surface area (Å²) in [5, 5.41) is 15.3. The Hall–Kier alpha value is -4.33. The molecule has 0 radical (unpaired) electrons. The number of hydrogen-bond acceptors (Lipinski definition) is 8. The maximum atomic E-state index is 13.0. The van der Waals surface area contributed by atoms with Gasteiger partial charge in [0, 0.05) is 11.6 Å². The van der Waals surface area contributed by atoms with Crippen molar-refractivity contribution in [1.29, 1.82) is 0 Å². The number of hydrazone groups is 1. The molecule has 3 rings (SSSR count). The molecule has 14 heteroatoms. The Bertz CT molecular complexity index is 1410. The zero-order chi connectivity index (χ0) is 28.7. The highest BCUT2D eigenvalue weighted by atomic mass is 79.9. The number of hydrogen-bond donors (Lipinski definition) is 1. The summed E-state index contributed by atoms with van der Waals surface area (Å²) in [6.45, 7) is 2.17. The fraction of sp³-hybridized carbons (Fsp3) is 0.200. The van der Waals surface area contributed by atoms with Gasteiger partial charge in [-0.1, -0.05) is 0 Å². The van der Waals surface area contributed by atoms with Gasteiger partial charge in [-0.05, 0) is 70.9 Å². The molecule has 0 unspecified atom stereocenters. The van der Waals surface area contributed by atoms with Gasteiger partial charge in [0.15, 0.2) is 23.0 Å². The summed E-state index contributed by atoms with van der Waals surface area (Å²) in [4.78, 5) is 22.9. The summed E-state index contributed by atoms with van der Waals surface area (Å²) in [5.41, 5.74) is 1.02. The number of amides is 1. The molecule has 0 aromatic heterocycles. The van der Waals surface area contributed by atoms with Gasteiger partial charge in [-0.25, -0.2) is 5.43 Å². The van der Waals surface area contributed by atoms with Gasteiger partial charge in [-0.2, -0.15) is 18.3 Å². The Labute approximate surface area is 228 Å². The van der Waals surface area contributed by atoms with Crippen LogP contribution in [0.5, 0.6) is 28.7 Å². The molecule has 0 aliphatic rings. The van der Waals surface area contributed by atoms with Crippen LogP contribution < -0.4 is 24.4 Å².